The summed E-state index contributed by atoms with van der Waals surface area (Å²) in [5, 5.41) is 3.46. The second-order valence-electron chi connectivity index (χ2n) is 4.53. The fourth-order valence-electron chi connectivity index (χ4n) is 2.08. The number of ether oxygens (including phenoxy) is 1. The maximum absolute atomic E-state index is 12.1. The maximum Gasteiger partial charge on any atom is 0.340 e. The second-order valence-corrected chi connectivity index (χ2v) is 5.85. The van der Waals surface area contributed by atoms with Gasteiger partial charge in [-0.2, -0.15) is 0 Å². The molecule has 3 nitrogen and oxygen atoms in total. The van der Waals surface area contributed by atoms with Crippen molar-refractivity contribution in [1.29, 1.82) is 0 Å². The molecule has 0 saturated heterocycles. The lowest BCUT2D eigenvalue weighted by Gasteiger charge is -2.07. The van der Waals surface area contributed by atoms with Gasteiger partial charge in [-0.25, -0.2) is 4.79 Å². The summed E-state index contributed by atoms with van der Waals surface area (Å²) in [6, 6.07) is 12.9. The van der Waals surface area contributed by atoms with Crippen molar-refractivity contribution in [2.24, 2.45) is 0 Å². The molecule has 0 atom stereocenters. The fraction of sp³-hybridized carbons (Fsp3) is 0.0625. The molecule has 0 bridgehead atoms. The lowest BCUT2D eigenvalue weighted by Crippen LogP contribution is -2.08. The van der Waals surface area contributed by atoms with Gasteiger partial charge in [-0.1, -0.05) is 35.9 Å². The summed E-state index contributed by atoms with van der Waals surface area (Å²) in [6.45, 7) is 0.217. The molecule has 2 aromatic carbocycles. The number of nitrogens with two attached hydrogens (primary N) is 1. The zero-order chi connectivity index (χ0) is 14.8. The van der Waals surface area contributed by atoms with Gasteiger partial charge in [-0.3, -0.25) is 0 Å². The summed E-state index contributed by atoms with van der Waals surface area (Å²) in [7, 11) is 0. The highest BCUT2D eigenvalue weighted by molar-refractivity contribution is 7.17. The number of carbonyl (C=O) groups is 1. The van der Waals surface area contributed by atoms with Crippen LogP contribution in [0.4, 0.5) is 5.69 Å². The van der Waals surface area contributed by atoms with E-state index in [9.17, 15) is 4.79 Å². The van der Waals surface area contributed by atoms with Gasteiger partial charge in [-0.15, -0.1) is 11.3 Å². The first-order valence-electron chi connectivity index (χ1n) is 6.33. The van der Waals surface area contributed by atoms with Crippen molar-refractivity contribution in [3.8, 4) is 0 Å². The van der Waals surface area contributed by atoms with Gasteiger partial charge in [0.2, 0.25) is 0 Å². The highest BCUT2D eigenvalue weighted by Gasteiger charge is 2.14. The van der Waals surface area contributed by atoms with Crippen molar-refractivity contribution < 1.29 is 9.53 Å². The molecule has 3 aromatic rings. The molecule has 0 radical (unpaired) electrons. The minimum Gasteiger partial charge on any atom is -0.457 e. The molecule has 5 heteroatoms. The van der Waals surface area contributed by atoms with E-state index >= 15 is 0 Å². The lowest BCUT2D eigenvalue weighted by molar-refractivity contribution is 0.0476. The average Bonchev–Trinajstić information content (AvgIpc) is 2.91. The zero-order valence-electron chi connectivity index (χ0n) is 11.0. The van der Waals surface area contributed by atoms with Crippen molar-refractivity contribution in [3.05, 3.63) is 64.0 Å². The van der Waals surface area contributed by atoms with Gasteiger partial charge in [0.1, 0.15) is 6.61 Å². The average molecular weight is 318 g/mol. The molecule has 0 aliphatic carbocycles. The van der Waals surface area contributed by atoms with Gasteiger partial charge < -0.3 is 10.5 Å². The molecule has 0 aliphatic heterocycles. The molecule has 0 unspecified atom stereocenters. The molecular weight excluding hydrogens is 306 g/mol. The number of para-hydroxylation sites is 1. The zero-order valence-corrected chi connectivity index (χ0v) is 12.6. The Labute approximate surface area is 130 Å². The van der Waals surface area contributed by atoms with Crippen LogP contribution in [0.2, 0.25) is 5.02 Å². The van der Waals surface area contributed by atoms with Crippen LogP contribution in [0.15, 0.2) is 47.8 Å². The number of hydrogen-bond donors (Lipinski definition) is 1. The molecule has 0 aliphatic rings. The fourth-order valence-corrected chi connectivity index (χ4v) is 3.20. The SMILES string of the molecule is Nc1c(Cl)cccc1C(=O)OCc1csc2ccccc12. The number of halogens is 1. The number of anilines is 1. The molecule has 3 rings (SSSR count). The molecule has 106 valence electrons. The largest absolute Gasteiger partial charge is 0.457 e. The summed E-state index contributed by atoms with van der Waals surface area (Å²) < 4.78 is 6.52. The van der Waals surface area contributed by atoms with Crippen molar-refractivity contribution >= 4 is 44.7 Å². The third-order valence-electron chi connectivity index (χ3n) is 3.19. The van der Waals surface area contributed by atoms with Crippen LogP contribution in [-0.2, 0) is 11.3 Å². The number of thiophene rings is 1. The minimum absolute atomic E-state index is 0.217. The molecule has 2 N–H and O–H groups in total. The molecular formula is C16H12ClNO2S. The molecule has 0 saturated carbocycles. The number of nitrogen functional groups attached to an aromatic ring is 1. The predicted molar refractivity (Wildman–Crippen MR) is 86.8 cm³/mol. The van der Waals surface area contributed by atoms with E-state index < -0.39 is 5.97 Å². The van der Waals surface area contributed by atoms with Crippen LogP contribution in [0.5, 0.6) is 0 Å². The number of carbonyl (C=O) groups excluding carboxylic acids is 1. The summed E-state index contributed by atoms with van der Waals surface area (Å²) in [5.41, 5.74) is 7.33. The Balaban J connectivity index is 1.78. The molecule has 0 fully saturated rings. The van der Waals surface area contributed by atoms with E-state index in [2.05, 4.69) is 0 Å². The van der Waals surface area contributed by atoms with E-state index in [-0.39, 0.29) is 12.3 Å². The first kappa shape index (κ1) is 13.9. The smallest absolute Gasteiger partial charge is 0.340 e. The number of hydrogen-bond acceptors (Lipinski definition) is 4. The van der Waals surface area contributed by atoms with Gasteiger partial charge in [-0.05, 0) is 29.0 Å². The van der Waals surface area contributed by atoms with Gasteiger partial charge in [0, 0.05) is 10.3 Å². The van der Waals surface area contributed by atoms with E-state index in [1.54, 1.807) is 29.5 Å². The highest BCUT2D eigenvalue weighted by atomic mass is 35.5. The maximum atomic E-state index is 12.1. The number of benzene rings is 2. The molecule has 0 spiro atoms. The van der Waals surface area contributed by atoms with Crippen molar-refractivity contribution in [2.75, 3.05) is 5.73 Å². The van der Waals surface area contributed by atoms with E-state index in [4.69, 9.17) is 22.1 Å². The number of fused-ring (bicyclic) bond motifs is 1. The monoisotopic (exact) mass is 317 g/mol. The van der Waals surface area contributed by atoms with Crippen molar-refractivity contribution in [3.63, 3.8) is 0 Å². The van der Waals surface area contributed by atoms with Crippen LogP contribution in [0.3, 0.4) is 0 Å². The summed E-state index contributed by atoms with van der Waals surface area (Å²) >= 11 is 7.53. The Bertz CT molecular complexity index is 813. The summed E-state index contributed by atoms with van der Waals surface area (Å²) in [5.74, 6) is -0.467. The molecule has 0 amide bonds. The molecule has 1 aromatic heterocycles. The van der Waals surface area contributed by atoms with Crippen LogP contribution in [0.25, 0.3) is 10.1 Å². The molecule has 21 heavy (non-hydrogen) atoms. The quantitative estimate of drug-likeness (QED) is 0.572. The van der Waals surface area contributed by atoms with Crippen LogP contribution in [0.1, 0.15) is 15.9 Å². The van der Waals surface area contributed by atoms with Crippen LogP contribution in [0, 0.1) is 0 Å². The normalized spacial score (nSPS) is 10.7. The first-order chi connectivity index (χ1) is 10.2. The Kier molecular flexibility index (Phi) is 3.82. The third-order valence-corrected chi connectivity index (χ3v) is 4.53. The lowest BCUT2D eigenvalue weighted by atomic mass is 10.2. The predicted octanol–water partition coefficient (Wildman–Crippen LogP) is 4.49. The van der Waals surface area contributed by atoms with Crippen molar-refractivity contribution in [2.45, 2.75) is 6.61 Å². The Hall–Kier alpha value is -2.04. The van der Waals surface area contributed by atoms with Gasteiger partial charge in [0.15, 0.2) is 0 Å². The Morgan fingerprint density at radius 3 is 2.86 bits per heavy atom. The third kappa shape index (κ3) is 2.73. The van der Waals surface area contributed by atoms with Gasteiger partial charge in [0.25, 0.3) is 0 Å². The minimum atomic E-state index is -0.467. The van der Waals surface area contributed by atoms with Gasteiger partial charge in [0.05, 0.1) is 16.3 Å². The summed E-state index contributed by atoms with van der Waals surface area (Å²) in [6.07, 6.45) is 0. The Morgan fingerprint density at radius 1 is 1.19 bits per heavy atom. The Morgan fingerprint density at radius 2 is 2.00 bits per heavy atom. The number of esters is 1. The van der Waals surface area contributed by atoms with E-state index in [0.29, 0.717) is 10.6 Å². The standard InChI is InChI=1S/C16H12ClNO2S/c17-13-6-3-5-12(15(13)18)16(19)20-8-10-9-21-14-7-2-1-4-11(10)14/h1-7,9H,8,18H2. The van der Waals surface area contributed by atoms with Crippen LogP contribution in [-0.4, -0.2) is 5.97 Å². The second kappa shape index (κ2) is 5.76. The van der Waals surface area contributed by atoms with Crippen LogP contribution < -0.4 is 5.73 Å². The van der Waals surface area contributed by atoms with Gasteiger partial charge >= 0.3 is 5.97 Å². The summed E-state index contributed by atoms with van der Waals surface area (Å²) in [4.78, 5) is 12.1. The topological polar surface area (TPSA) is 52.3 Å². The molecule has 1 heterocycles. The first-order valence-corrected chi connectivity index (χ1v) is 7.59. The van der Waals surface area contributed by atoms with E-state index in [0.717, 1.165) is 10.9 Å². The highest BCUT2D eigenvalue weighted by Crippen LogP contribution is 2.27. The van der Waals surface area contributed by atoms with E-state index in [1.807, 2.05) is 29.6 Å². The van der Waals surface area contributed by atoms with Crippen LogP contribution >= 0.6 is 22.9 Å². The van der Waals surface area contributed by atoms with E-state index in [1.165, 1.54) is 4.70 Å². The van der Waals surface area contributed by atoms with Crippen molar-refractivity contribution in [1.82, 2.24) is 0 Å². The number of rotatable bonds is 3.